The molecular formula is C18H18N4O. The third-order valence-electron chi connectivity index (χ3n) is 3.46. The summed E-state index contributed by atoms with van der Waals surface area (Å²) in [7, 11) is 0. The first kappa shape index (κ1) is 14.8. The quantitative estimate of drug-likeness (QED) is 0.768. The molecule has 1 heterocycles. The molecule has 2 amide bonds. The summed E-state index contributed by atoms with van der Waals surface area (Å²) in [5.41, 5.74) is 2.96. The molecule has 23 heavy (non-hydrogen) atoms. The van der Waals surface area contributed by atoms with Crippen LogP contribution >= 0.6 is 0 Å². The topological polar surface area (TPSA) is 59.0 Å². The van der Waals surface area contributed by atoms with Crippen LogP contribution in [0.2, 0.25) is 0 Å². The van der Waals surface area contributed by atoms with Gasteiger partial charge in [0, 0.05) is 18.0 Å². The molecule has 0 saturated heterocycles. The van der Waals surface area contributed by atoms with Crippen LogP contribution in [0.4, 0.5) is 16.3 Å². The van der Waals surface area contributed by atoms with E-state index in [1.54, 1.807) is 10.7 Å². The highest BCUT2D eigenvalue weighted by molar-refractivity contribution is 5.99. The predicted molar refractivity (Wildman–Crippen MR) is 91.6 cm³/mol. The summed E-state index contributed by atoms with van der Waals surface area (Å²) in [5.74, 6) is 0.520. The predicted octanol–water partition coefficient (Wildman–Crippen LogP) is 3.88. The zero-order chi connectivity index (χ0) is 16.1. The number of aromatic nitrogens is 2. The normalized spacial score (nSPS) is 10.3. The molecule has 2 aromatic carbocycles. The van der Waals surface area contributed by atoms with Crippen molar-refractivity contribution in [1.82, 2.24) is 9.78 Å². The van der Waals surface area contributed by atoms with Crippen LogP contribution in [-0.4, -0.2) is 15.8 Å². The highest BCUT2D eigenvalue weighted by Gasteiger charge is 2.06. The first-order valence-electron chi connectivity index (χ1n) is 7.42. The molecule has 2 N–H and O–H groups in total. The fourth-order valence-corrected chi connectivity index (χ4v) is 2.27. The van der Waals surface area contributed by atoms with Crippen LogP contribution in [0.15, 0.2) is 66.9 Å². The molecule has 0 aliphatic carbocycles. The lowest BCUT2D eigenvalue weighted by Crippen LogP contribution is -2.20. The average molecular weight is 306 g/mol. The van der Waals surface area contributed by atoms with Gasteiger partial charge in [-0.15, -0.1) is 0 Å². The lowest BCUT2D eigenvalue weighted by molar-refractivity contribution is 0.262. The number of nitrogens with one attached hydrogen (secondary N) is 2. The molecule has 5 heteroatoms. The number of hydrogen-bond donors (Lipinski definition) is 2. The maximum Gasteiger partial charge on any atom is 0.324 e. The molecule has 5 nitrogen and oxygen atoms in total. The second kappa shape index (κ2) is 6.79. The number of carbonyl (C=O) groups excluding carboxylic acids is 1. The number of hydrogen-bond acceptors (Lipinski definition) is 2. The molecule has 0 fully saturated rings. The van der Waals surface area contributed by atoms with Gasteiger partial charge in [-0.1, -0.05) is 48.5 Å². The van der Waals surface area contributed by atoms with Crippen LogP contribution in [0.25, 0.3) is 0 Å². The molecule has 0 atom stereocenters. The Morgan fingerprint density at radius 2 is 1.74 bits per heavy atom. The molecule has 0 aliphatic heterocycles. The summed E-state index contributed by atoms with van der Waals surface area (Å²) < 4.78 is 1.79. The minimum absolute atomic E-state index is 0.302. The fourth-order valence-electron chi connectivity index (χ4n) is 2.27. The largest absolute Gasteiger partial charge is 0.324 e. The Kier molecular flexibility index (Phi) is 4.38. The van der Waals surface area contributed by atoms with Crippen LogP contribution in [-0.2, 0) is 6.54 Å². The van der Waals surface area contributed by atoms with Gasteiger partial charge in [-0.25, -0.2) is 4.79 Å². The van der Waals surface area contributed by atoms with Crippen molar-refractivity contribution in [2.24, 2.45) is 0 Å². The first-order valence-corrected chi connectivity index (χ1v) is 7.42. The number of carbonyl (C=O) groups is 1. The van der Waals surface area contributed by atoms with E-state index in [1.807, 2.05) is 67.7 Å². The van der Waals surface area contributed by atoms with E-state index in [2.05, 4.69) is 15.7 Å². The van der Waals surface area contributed by atoms with Crippen molar-refractivity contribution in [2.75, 3.05) is 10.6 Å². The summed E-state index contributed by atoms with van der Waals surface area (Å²) in [6, 6.07) is 19.2. The van der Waals surface area contributed by atoms with Gasteiger partial charge >= 0.3 is 6.03 Å². The maximum atomic E-state index is 12.0. The third-order valence-corrected chi connectivity index (χ3v) is 3.46. The van der Waals surface area contributed by atoms with Gasteiger partial charge in [0.1, 0.15) is 0 Å². The van der Waals surface area contributed by atoms with E-state index in [-0.39, 0.29) is 6.03 Å². The Balaban J connectivity index is 1.60. The molecule has 0 saturated carbocycles. The summed E-state index contributed by atoms with van der Waals surface area (Å²) in [4.78, 5) is 12.0. The summed E-state index contributed by atoms with van der Waals surface area (Å²) in [5, 5.41) is 9.91. The number of nitrogens with zero attached hydrogens (tertiary/aromatic N) is 2. The van der Waals surface area contributed by atoms with Crippen molar-refractivity contribution >= 4 is 17.5 Å². The number of rotatable bonds is 4. The van der Waals surface area contributed by atoms with Crippen molar-refractivity contribution in [3.05, 3.63) is 78.0 Å². The smallest absolute Gasteiger partial charge is 0.307 e. The highest BCUT2D eigenvalue weighted by Crippen LogP contribution is 2.13. The second-order valence-electron chi connectivity index (χ2n) is 5.28. The van der Waals surface area contributed by atoms with E-state index in [1.165, 1.54) is 0 Å². The van der Waals surface area contributed by atoms with Crippen molar-refractivity contribution in [2.45, 2.75) is 13.5 Å². The van der Waals surface area contributed by atoms with Crippen LogP contribution in [0.1, 0.15) is 11.1 Å². The molecular weight excluding hydrogens is 288 g/mol. The number of anilines is 2. The Hall–Kier alpha value is -3.08. The van der Waals surface area contributed by atoms with Gasteiger partial charge in [-0.3, -0.25) is 10.00 Å². The Bertz CT molecular complexity index is 796. The van der Waals surface area contributed by atoms with Gasteiger partial charge in [0.05, 0.1) is 6.54 Å². The highest BCUT2D eigenvalue weighted by atomic mass is 16.2. The summed E-state index contributed by atoms with van der Waals surface area (Å²) in [6.45, 7) is 2.62. The van der Waals surface area contributed by atoms with Gasteiger partial charge in [0.25, 0.3) is 0 Å². The lowest BCUT2D eigenvalue weighted by atomic mass is 10.2. The van der Waals surface area contributed by atoms with Crippen LogP contribution in [0.5, 0.6) is 0 Å². The molecule has 0 unspecified atom stereocenters. The lowest BCUT2D eigenvalue weighted by Gasteiger charge is -2.08. The standard InChI is InChI=1S/C18H18N4O/c1-14-7-5-6-10-16(14)19-18(23)20-17-11-12-22(21-17)13-15-8-3-2-4-9-15/h2-12H,13H2,1H3,(H2,19,20,21,23). The second-order valence-corrected chi connectivity index (χ2v) is 5.28. The number of para-hydroxylation sites is 1. The Morgan fingerprint density at radius 3 is 2.52 bits per heavy atom. The van der Waals surface area contributed by atoms with Gasteiger partial charge in [0.15, 0.2) is 5.82 Å². The molecule has 0 aliphatic rings. The van der Waals surface area contributed by atoms with E-state index in [0.717, 1.165) is 16.8 Å². The maximum absolute atomic E-state index is 12.0. The molecule has 0 radical (unpaired) electrons. The van der Waals surface area contributed by atoms with E-state index >= 15 is 0 Å². The van der Waals surface area contributed by atoms with Gasteiger partial charge < -0.3 is 5.32 Å². The number of aryl methyl sites for hydroxylation is 1. The van der Waals surface area contributed by atoms with Gasteiger partial charge in [-0.05, 0) is 24.1 Å². The summed E-state index contributed by atoms with van der Waals surface area (Å²) in [6.07, 6.45) is 1.84. The molecule has 3 aromatic rings. The molecule has 116 valence electrons. The van der Waals surface area contributed by atoms with E-state index in [9.17, 15) is 4.79 Å². The summed E-state index contributed by atoms with van der Waals surface area (Å²) >= 11 is 0. The number of benzene rings is 2. The Morgan fingerprint density at radius 1 is 1.00 bits per heavy atom. The van der Waals surface area contributed by atoms with E-state index < -0.39 is 0 Å². The van der Waals surface area contributed by atoms with E-state index in [0.29, 0.717) is 12.4 Å². The number of urea groups is 1. The monoisotopic (exact) mass is 306 g/mol. The average Bonchev–Trinajstić information content (AvgIpc) is 2.97. The minimum Gasteiger partial charge on any atom is -0.307 e. The first-order chi connectivity index (χ1) is 11.2. The minimum atomic E-state index is -0.302. The van der Waals surface area contributed by atoms with Gasteiger partial charge in [-0.2, -0.15) is 5.10 Å². The SMILES string of the molecule is Cc1ccccc1NC(=O)Nc1ccn(Cc2ccccc2)n1. The van der Waals surface area contributed by atoms with Crippen molar-refractivity contribution in [1.29, 1.82) is 0 Å². The van der Waals surface area contributed by atoms with Crippen LogP contribution < -0.4 is 10.6 Å². The molecule has 0 bridgehead atoms. The van der Waals surface area contributed by atoms with Gasteiger partial charge in [0.2, 0.25) is 0 Å². The fraction of sp³-hybridized carbons (Fsp3) is 0.111. The Labute approximate surface area is 135 Å². The zero-order valence-electron chi connectivity index (χ0n) is 12.9. The van der Waals surface area contributed by atoms with Crippen molar-refractivity contribution in [3.63, 3.8) is 0 Å². The molecule has 1 aromatic heterocycles. The van der Waals surface area contributed by atoms with Crippen molar-refractivity contribution in [3.8, 4) is 0 Å². The number of amides is 2. The molecule has 0 spiro atoms. The van der Waals surface area contributed by atoms with Crippen LogP contribution in [0.3, 0.4) is 0 Å². The third kappa shape index (κ3) is 3.97. The van der Waals surface area contributed by atoms with Crippen molar-refractivity contribution < 1.29 is 4.79 Å². The molecule has 3 rings (SSSR count). The zero-order valence-corrected chi connectivity index (χ0v) is 12.9. The van der Waals surface area contributed by atoms with E-state index in [4.69, 9.17) is 0 Å². The van der Waals surface area contributed by atoms with Crippen LogP contribution in [0, 0.1) is 6.92 Å².